The van der Waals surface area contributed by atoms with E-state index in [1.807, 2.05) is 24.3 Å². The SMILES string of the molecule is CC(=N)NCC[C@@H](NCc1ccc(N2C=c3cc(-c4cc(CCC[C@@H](N)CF)cc(C(F)(F)F)c4F)[nH]c3=NC2O)cc1)C1CC1. The average molecular weight is 646 g/mol. The molecule has 0 spiro atoms. The maximum Gasteiger partial charge on any atom is 0.419 e. The number of rotatable bonds is 14. The number of fused-ring (bicyclic) bond motifs is 1. The van der Waals surface area contributed by atoms with E-state index >= 15 is 4.39 Å². The molecular formula is C33H40F5N7O. The molecule has 0 bridgehead atoms. The van der Waals surface area contributed by atoms with Crippen LogP contribution in [-0.2, 0) is 19.1 Å². The molecule has 0 saturated heterocycles. The highest BCUT2D eigenvalue weighted by Crippen LogP contribution is 2.37. The Labute approximate surface area is 264 Å². The smallest absolute Gasteiger partial charge is 0.374 e. The number of nitrogens with one attached hydrogen (secondary N) is 4. The molecule has 3 aromatic rings. The quantitative estimate of drug-likeness (QED) is 0.0878. The Kier molecular flexibility index (Phi) is 10.4. The summed E-state index contributed by atoms with van der Waals surface area (Å²) in [5.41, 5.74) is 6.19. The Morgan fingerprint density at radius 2 is 1.89 bits per heavy atom. The number of H-pyrrole nitrogens is 1. The van der Waals surface area contributed by atoms with Gasteiger partial charge in [0, 0.05) is 47.8 Å². The lowest BCUT2D eigenvalue weighted by molar-refractivity contribution is -0.140. The van der Waals surface area contributed by atoms with Crippen molar-refractivity contribution >= 4 is 17.7 Å². The Balaban J connectivity index is 1.33. The third kappa shape index (κ3) is 8.31. The maximum atomic E-state index is 15.3. The number of hydrogen-bond acceptors (Lipinski definition) is 6. The minimum absolute atomic E-state index is 0.0852. The Hall–Kier alpha value is -3.81. The highest BCUT2D eigenvalue weighted by Gasteiger charge is 2.36. The third-order valence-electron chi connectivity index (χ3n) is 8.40. The van der Waals surface area contributed by atoms with E-state index in [4.69, 9.17) is 11.1 Å². The molecule has 3 atom stereocenters. The topological polar surface area (TPSA) is 126 Å². The first-order valence-electron chi connectivity index (χ1n) is 15.5. The van der Waals surface area contributed by atoms with Crippen LogP contribution in [0.25, 0.3) is 17.5 Å². The van der Waals surface area contributed by atoms with Gasteiger partial charge in [-0.3, -0.25) is 5.41 Å². The number of aliphatic hydroxyl groups excluding tert-OH is 1. The molecule has 1 aliphatic carbocycles. The highest BCUT2D eigenvalue weighted by atomic mass is 19.4. The molecule has 2 aliphatic rings. The lowest BCUT2D eigenvalue weighted by atomic mass is 9.98. The fraction of sp³-hybridized carbons (Fsp3) is 0.455. The van der Waals surface area contributed by atoms with Gasteiger partial charge < -0.3 is 31.4 Å². The van der Waals surface area contributed by atoms with Crippen molar-refractivity contribution in [3.8, 4) is 11.3 Å². The van der Waals surface area contributed by atoms with Crippen LogP contribution < -0.4 is 32.0 Å². The molecule has 7 N–H and O–H groups in total. The number of hydrogen-bond donors (Lipinski definition) is 6. The molecule has 13 heteroatoms. The number of benzene rings is 2. The van der Waals surface area contributed by atoms with Gasteiger partial charge >= 0.3 is 6.18 Å². The second-order valence-corrected chi connectivity index (χ2v) is 12.1. The number of halogens is 5. The van der Waals surface area contributed by atoms with Gasteiger partial charge in [0.05, 0.1) is 17.1 Å². The zero-order valence-electron chi connectivity index (χ0n) is 25.6. The molecule has 1 unspecified atom stereocenters. The van der Waals surface area contributed by atoms with Crippen LogP contribution in [0, 0.1) is 17.1 Å². The molecule has 2 heterocycles. The summed E-state index contributed by atoms with van der Waals surface area (Å²) in [7, 11) is 0. The van der Waals surface area contributed by atoms with Gasteiger partial charge in [0.25, 0.3) is 0 Å². The fourth-order valence-corrected chi connectivity index (χ4v) is 5.74. The first-order chi connectivity index (χ1) is 21.9. The lowest BCUT2D eigenvalue weighted by Gasteiger charge is -2.25. The van der Waals surface area contributed by atoms with Gasteiger partial charge in [0.15, 0.2) is 0 Å². The molecule has 0 radical (unpaired) electrons. The molecule has 248 valence electrons. The second-order valence-electron chi connectivity index (χ2n) is 12.1. The Morgan fingerprint density at radius 3 is 2.54 bits per heavy atom. The summed E-state index contributed by atoms with van der Waals surface area (Å²) in [5, 5.41) is 25.5. The number of aryl methyl sites for hydroxylation is 1. The van der Waals surface area contributed by atoms with E-state index in [1.54, 1.807) is 13.1 Å². The minimum Gasteiger partial charge on any atom is -0.374 e. The normalized spacial score (nSPS) is 17.6. The summed E-state index contributed by atoms with van der Waals surface area (Å²) in [6.07, 6.45) is -0.485. The number of aromatic nitrogens is 1. The van der Waals surface area contributed by atoms with Crippen LogP contribution >= 0.6 is 0 Å². The van der Waals surface area contributed by atoms with E-state index in [-0.39, 0.29) is 35.2 Å². The van der Waals surface area contributed by atoms with Crippen molar-refractivity contribution in [3.63, 3.8) is 0 Å². The van der Waals surface area contributed by atoms with Crippen LogP contribution in [0.3, 0.4) is 0 Å². The zero-order valence-corrected chi connectivity index (χ0v) is 25.6. The van der Waals surface area contributed by atoms with Crippen molar-refractivity contribution in [3.05, 3.63) is 75.7 Å². The number of amidine groups is 1. The van der Waals surface area contributed by atoms with Gasteiger partial charge in [-0.1, -0.05) is 12.1 Å². The number of aliphatic hydroxyl groups is 1. The first-order valence-corrected chi connectivity index (χ1v) is 15.5. The van der Waals surface area contributed by atoms with E-state index in [9.17, 15) is 22.7 Å². The van der Waals surface area contributed by atoms with E-state index in [0.29, 0.717) is 41.7 Å². The first kappa shape index (κ1) is 33.6. The molecule has 2 aromatic carbocycles. The van der Waals surface area contributed by atoms with Crippen LogP contribution in [-0.4, -0.2) is 47.6 Å². The summed E-state index contributed by atoms with van der Waals surface area (Å²) < 4.78 is 69.4. The van der Waals surface area contributed by atoms with Crippen LogP contribution in [0.4, 0.5) is 27.6 Å². The molecule has 1 fully saturated rings. The average Bonchev–Trinajstić information content (AvgIpc) is 3.77. The maximum absolute atomic E-state index is 15.3. The van der Waals surface area contributed by atoms with Gasteiger partial charge in [-0.15, -0.1) is 0 Å². The number of alkyl halides is 4. The van der Waals surface area contributed by atoms with Gasteiger partial charge in [0.2, 0.25) is 6.35 Å². The van der Waals surface area contributed by atoms with E-state index in [0.717, 1.165) is 24.6 Å². The standard InChI is InChI=1S/C33H40F5N7O/c1-19(39)41-12-11-28(22-7-8-22)42-17-20-5-9-25(10-6-20)45-18-23-15-29(43-31(23)44-32(45)46)26-13-21(3-2-4-24(40)16-34)14-27(30(26)35)33(36,37)38/h5-6,9-10,13-15,18,22,24,28,32,42,46H,2-4,7-8,11-12,16-17,40H2,1H3,(H2,39,41)(H,43,44)/t24-,28-,32?/m1/s1. The molecule has 46 heavy (non-hydrogen) atoms. The summed E-state index contributed by atoms with van der Waals surface area (Å²) in [6, 6.07) is 10.9. The zero-order chi connectivity index (χ0) is 33.0. The molecule has 1 saturated carbocycles. The highest BCUT2D eigenvalue weighted by molar-refractivity contribution is 5.75. The Bertz CT molecular complexity index is 1640. The molecule has 1 aliphatic heterocycles. The van der Waals surface area contributed by atoms with E-state index < -0.39 is 36.6 Å². The van der Waals surface area contributed by atoms with E-state index in [1.165, 1.54) is 29.9 Å². The number of nitrogens with zero attached hydrogens (tertiary/aromatic N) is 2. The molecular weight excluding hydrogens is 605 g/mol. The summed E-state index contributed by atoms with van der Waals surface area (Å²) >= 11 is 0. The van der Waals surface area contributed by atoms with Gasteiger partial charge in [-0.05, 0) is 92.8 Å². The monoisotopic (exact) mass is 645 g/mol. The van der Waals surface area contributed by atoms with Crippen molar-refractivity contribution in [1.82, 2.24) is 15.6 Å². The third-order valence-corrected chi connectivity index (χ3v) is 8.40. The summed E-state index contributed by atoms with van der Waals surface area (Å²) in [4.78, 5) is 8.66. The molecule has 8 nitrogen and oxygen atoms in total. The van der Waals surface area contributed by atoms with Gasteiger partial charge in [-0.25, -0.2) is 13.8 Å². The number of nitrogens with two attached hydrogens (primary N) is 1. The van der Waals surface area contributed by atoms with Crippen molar-refractivity contribution in [2.75, 3.05) is 18.1 Å². The fourth-order valence-electron chi connectivity index (χ4n) is 5.74. The van der Waals surface area contributed by atoms with Gasteiger partial charge in [-0.2, -0.15) is 13.2 Å². The van der Waals surface area contributed by atoms with E-state index in [2.05, 4.69) is 20.6 Å². The van der Waals surface area contributed by atoms with Crippen molar-refractivity contribution in [2.45, 2.75) is 76.6 Å². The summed E-state index contributed by atoms with van der Waals surface area (Å²) in [5.74, 6) is -0.311. The predicted octanol–water partition coefficient (Wildman–Crippen LogP) is 4.46. The second kappa shape index (κ2) is 14.3. The van der Waals surface area contributed by atoms with Crippen LogP contribution in [0.1, 0.15) is 55.7 Å². The van der Waals surface area contributed by atoms with Crippen molar-refractivity contribution in [1.29, 1.82) is 5.41 Å². The van der Waals surface area contributed by atoms with Crippen molar-refractivity contribution in [2.24, 2.45) is 16.6 Å². The van der Waals surface area contributed by atoms with Gasteiger partial charge in [0.1, 0.15) is 18.0 Å². The van der Waals surface area contributed by atoms with Crippen LogP contribution in [0.5, 0.6) is 0 Å². The van der Waals surface area contributed by atoms with Crippen molar-refractivity contribution < 1.29 is 27.1 Å². The minimum atomic E-state index is -4.92. The number of anilines is 1. The molecule has 0 amide bonds. The molecule has 1 aromatic heterocycles. The van der Waals surface area contributed by atoms with Crippen LogP contribution in [0.15, 0.2) is 47.5 Å². The largest absolute Gasteiger partial charge is 0.419 e. The van der Waals surface area contributed by atoms with Crippen LogP contribution in [0.2, 0.25) is 0 Å². The number of aromatic amines is 1. The Morgan fingerprint density at radius 1 is 1.15 bits per heavy atom. The molecule has 5 rings (SSSR count). The summed E-state index contributed by atoms with van der Waals surface area (Å²) in [6.45, 7) is 2.41. The lowest BCUT2D eigenvalue weighted by Crippen LogP contribution is -2.41. The predicted molar refractivity (Wildman–Crippen MR) is 168 cm³/mol.